The van der Waals surface area contributed by atoms with Gasteiger partial charge in [-0.3, -0.25) is 9.59 Å². The van der Waals surface area contributed by atoms with E-state index in [2.05, 4.69) is 0 Å². The molecule has 1 fully saturated rings. The van der Waals surface area contributed by atoms with E-state index in [-0.39, 0.29) is 18.2 Å². The Balaban J connectivity index is 2.39. The number of aliphatic carboxylic acids is 1. The first-order valence-corrected chi connectivity index (χ1v) is 6.18. The predicted molar refractivity (Wildman–Crippen MR) is 64.4 cm³/mol. The van der Waals surface area contributed by atoms with E-state index in [4.69, 9.17) is 10.8 Å². The summed E-state index contributed by atoms with van der Waals surface area (Å²) in [5.74, 6) is -0.318. The summed E-state index contributed by atoms with van der Waals surface area (Å²) in [6.45, 7) is 5.23. The smallest absolute Gasteiger partial charge is 0.303 e. The lowest BCUT2D eigenvalue weighted by Gasteiger charge is -2.23. The van der Waals surface area contributed by atoms with Gasteiger partial charge in [0.15, 0.2) is 0 Å². The number of hydrogen-bond acceptors (Lipinski definition) is 3. The first-order chi connectivity index (χ1) is 7.91. The van der Waals surface area contributed by atoms with Crippen LogP contribution in [0, 0.1) is 11.8 Å². The molecule has 17 heavy (non-hydrogen) atoms. The molecule has 0 aromatic rings. The lowest BCUT2D eigenvalue weighted by atomic mass is 10.0. The molecule has 0 saturated carbocycles. The Hall–Kier alpha value is -1.10. The van der Waals surface area contributed by atoms with Gasteiger partial charge >= 0.3 is 5.97 Å². The Morgan fingerprint density at radius 2 is 2.12 bits per heavy atom. The second-order valence-corrected chi connectivity index (χ2v) is 5.14. The second-order valence-electron chi connectivity index (χ2n) is 5.14. The monoisotopic (exact) mass is 242 g/mol. The van der Waals surface area contributed by atoms with E-state index in [0.717, 1.165) is 6.42 Å². The van der Waals surface area contributed by atoms with Crippen LogP contribution in [0.25, 0.3) is 0 Å². The molecule has 1 aliphatic heterocycles. The van der Waals surface area contributed by atoms with Crippen molar-refractivity contribution in [2.24, 2.45) is 17.6 Å². The first-order valence-electron chi connectivity index (χ1n) is 6.18. The van der Waals surface area contributed by atoms with Gasteiger partial charge in [-0.05, 0) is 24.7 Å². The van der Waals surface area contributed by atoms with Crippen molar-refractivity contribution in [2.45, 2.75) is 39.2 Å². The highest BCUT2D eigenvalue weighted by atomic mass is 16.4. The van der Waals surface area contributed by atoms with Gasteiger partial charge in [0.2, 0.25) is 5.91 Å². The van der Waals surface area contributed by atoms with Crippen LogP contribution in [0.5, 0.6) is 0 Å². The highest BCUT2D eigenvalue weighted by Crippen LogP contribution is 2.22. The number of carbonyl (C=O) groups is 2. The minimum absolute atomic E-state index is 0.00201. The molecule has 0 aromatic heterocycles. The quantitative estimate of drug-likeness (QED) is 0.742. The number of nitrogens with two attached hydrogens (primary N) is 1. The summed E-state index contributed by atoms with van der Waals surface area (Å²) >= 11 is 0. The van der Waals surface area contributed by atoms with Crippen molar-refractivity contribution >= 4 is 11.9 Å². The largest absolute Gasteiger partial charge is 0.481 e. The van der Waals surface area contributed by atoms with Gasteiger partial charge in [0.25, 0.3) is 0 Å². The van der Waals surface area contributed by atoms with Gasteiger partial charge < -0.3 is 15.7 Å². The molecule has 1 heterocycles. The van der Waals surface area contributed by atoms with Crippen molar-refractivity contribution in [3.63, 3.8) is 0 Å². The number of nitrogens with zero attached hydrogens (tertiary/aromatic N) is 1. The number of amides is 1. The summed E-state index contributed by atoms with van der Waals surface area (Å²) < 4.78 is 0. The van der Waals surface area contributed by atoms with Crippen LogP contribution in [0.15, 0.2) is 0 Å². The van der Waals surface area contributed by atoms with Crippen molar-refractivity contribution in [3.8, 4) is 0 Å². The predicted octanol–water partition coefficient (Wildman–Crippen LogP) is 0.683. The van der Waals surface area contributed by atoms with Gasteiger partial charge in [0.05, 0.1) is 6.04 Å². The van der Waals surface area contributed by atoms with Gasteiger partial charge in [0, 0.05) is 19.5 Å². The van der Waals surface area contributed by atoms with Crippen LogP contribution in [-0.2, 0) is 9.59 Å². The van der Waals surface area contributed by atoms with E-state index in [1.54, 1.807) is 4.90 Å². The topological polar surface area (TPSA) is 83.6 Å². The molecular formula is C12H22N2O3. The molecule has 1 saturated heterocycles. The molecule has 98 valence electrons. The minimum Gasteiger partial charge on any atom is -0.481 e. The third kappa shape index (κ3) is 4.00. The highest BCUT2D eigenvalue weighted by Gasteiger charge is 2.30. The summed E-state index contributed by atoms with van der Waals surface area (Å²) in [6.07, 6.45) is 1.72. The number of likely N-dealkylation sites (tertiary alicyclic amines) is 1. The lowest BCUT2D eigenvalue weighted by Crippen LogP contribution is -2.45. The van der Waals surface area contributed by atoms with Crippen molar-refractivity contribution in [1.82, 2.24) is 4.90 Å². The highest BCUT2D eigenvalue weighted by molar-refractivity contribution is 5.82. The number of carboxylic acids is 1. The molecule has 1 aliphatic rings. The summed E-state index contributed by atoms with van der Waals surface area (Å²) in [6, 6.07) is -0.437. The maximum atomic E-state index is 12.0. The molecule has 0 spiro atoms. The molecular weight excluding hydrogens is 220 g/mol. The SMILES string of the molecule is CC(C)C(N)C(=O)N1CCC(CCC(=O)O)C1. The van der Waals surface area contributed by atoms with Crippen molar-refractivity contribution in [3.05, 3.63) is 0 Å². The van der Waals surface area contributed by atoms with Crippen molar-refractivity contribution in [1.29, 1.82) is 0 Å². The molecule has 1 rings (SSSR count). The van der Waals surface area contributed by atoms with Crippen LogP contribution in [0.2, 0.25) is 0 Å². The third-order valence-corrected chi connectivity index (χ3v) is 3.37. The van der Waals surface area contributed by atoms with E-state index < -0.39 is 12.0 Å². The van der Waals surface area contributed by atoms with E-state index in [9.17, 15) is 9.59 Å². The minimum atomic E-state index is -0.770. The van der Waals surface area contributed by atoms with Crippen LogP contribution >= 0.6 is 0 Å². The summed E-state index contributed by atoms with van der Waals surface area (Å²) in [4.78, 5) is 24.2. The van der Waals surface area contributed by atoms with Gasteiger partial charge in [-0.25, -0.2) is 0 Å². The normalized spacial score (nSPS) is 21.9. The van der Waals surface area contributed by atoms with Crippen LogP contribution in [0.4, 0.5) is 0 Å². The first kappa shape index (κ1) is 14.0. The summed E-state index contributed by atoms with van der Waals surface area (Å²) in [5.41, 5.74) is 5.82. The lowest BCUT2D eigenvalue weighted by molar-refractivity contribution is -0.137. The second kappa shape index (κ2) is 6.00. The Labute approximate surface area is 102 Å². The average Bonchev–Trinajstić information content (AvgIpc) is 2.72. The molecule has 0 radical (unpaired) electrons. The molecule has 5 heteroatoms. The molecule has 0 aromatic carbocycles. The number of carbonyl (C=O) groups excluding carboxylic acids is 1. The van der Waals surface area contributed by atoms with E-state index in [0.29, 0.717) is 25.4 Å². The van der Waals surface area contributed by atoms with Crippen molar-refractivity contribution < 1.29 is 14.7 Å². The fraction of sp³-hybridized carbons (Fsp3) is 0.833. The van der Waals surface area contributed by atoms with Gasteiger partial charge in [-0.1, -0.05) is 13.8 Å². The fourth-order valence-corrected chi connectivity index (χ4v) is 2.09. The number of rotatable bonds is 5. The molecule has 2 atom stereocenters. The Morgan fingerprint density at radius 3 is 2.65 bits per heavy atom. The van der Waals surface area contributed by atoms with Crippen LogP contribution < -0.4 is 5.73 Å². The van der Waals surface area contributed by atoms with Gasteiger partial charge in [-0.2, -0.15) is 0 Å². The molecule has 1 amide bonds. The van der Waals surface area contributed by atoms with E-state index >= 15 is 0 Å². The summed E-state index contributed by atoms with van der Waals surface area (Å²) in [5, 5.41) is 8.61. The maximum absolute atomic E-state index is 12.0. The fourth-order valence-electron chi connectivity index (χ4n) is 2.09. The van der Waals surface area contributed by atoms with E-state index in [1.807, 2.05) is 13.8 Å². The number of carboxylic acid groups (broad SMARTS) is 1. The molecule has 0 aliphatic carbocycles. The zero-order valence-corrected chi connectivity index (χ0v) is 10.6. The number of hydrogen-bond donors (Lipinski definition) is 2. The van der Waals surface area contributed by atoms with Crippen LogP contribution in [0.1, 0.15) is 33.1 Å². The zero-order valence-electron chi connectivity index (χ0n) is 10.6. The Kier molecular flexibility index (Phi) is 4.93. The standard InChI is InChI=1S/C12H22N2O3/c1-8(2)11(13)12(17)14-6-5-9(7-14)3-4-10(15)16/h8-9,11H,3-7,13H2,1-2H3,(H,15,16). The van der Waals surface area contributed by atoms with Gasteiger partial charge in [-0.15, -0.1) is 0 Å². The molecule has 3 N–H and O–H groups in total. The maximum Gasteiger partial charge on any atom is 0.303 e. The zero-order chi connectivity index (χ0) is 13.0. The van der Waals surface area contributed by atoms with Crippen LogP contribution in [0.3, 0.4) is 0 Å². The van der Waals surface area contributed by atoms with Gasteiger partial charge in [0.1, 0.15) is 0 Å². The van der Waals surface area contributed by atoms with E-state index in [1.165, 1.54) is 0 Å². The van der Waals surface area contributed by atoms with Crippen LogP contribution in [-0.4, -0.2) is 41.0 Å². The Morgan fingerprint density at radius 1 is 1.47 bits per heavy atom. The molecule has 2 unspecified atom stereocenters. The van der Waals surface area contributed by atoms with Crippen molar-refractivity contribution in [2.75, 3.05) is 13.1 Å². The summed E-state index contributed by atoms with van der Waals surface area (Å²) in [7, 11) is 0. The average molecular weight is 242 g/mol. The molecule has 0 bridgehead atoms. The third-order valence-electron chi connectivity index (χ3n) is 3.37. The molecule has 5 nitrogen and oxygen atoms in total. The Bertz CT molecular complexity index is 291.